The molecule has 1 aliphatic heterocycles. The molecule has 2 rings (SSSR count). The molecule has 0 aromatic carbocycles. The Morgan fingerprint density at radius 3 is 2.68 bits per heavy atom. The number of hydrogen-bond donors (Lipinski definition) is 1. The van der Waals surface area contributed by atoms with Crippen LogP contribution in [0.2, 0.25) is 0 Å². The van der Waals surface area contributed by atoms with Gasteiger partial charge < -0.3 is 5.32 Å². The summed E-state index contributed by atoms with van der Waals surface area (Å²) in [6, 6.07) is 2.05. The van der Waals surface area contributed by atoms with E-state index < -0.39 is 0 Å². The van der Waals surface area contributed by atoms with Gasteiger partial charge in [0.1, 0.15) is 0 Å². The van der Waals surface area contributed by atoms with Crippen molar-refractivity contribution >= 4 is 0 Å². The molecule has 0 spiro atoms. The van der Waals surface area contributed by atoms with Gasteiger partial charge in [0.05, 0.1) is 0 Å². The van der Waals surface area contributed by atoms with Crippen molar-refractivity contribution in [3.05, 3.63) is 32.6 Å². The molecular weight excluding hydrogens is 244 g/mol. The molecule has 1 N–H and O–H groups in total. The second kappa shape index (κ2) is 5.71. The van der Waals surface area contributed by atoms with Gasteiger partial charge in [-0.1, -0.05) is 6.92 Å². The standard InChI is InChI=1S/C13H22N4O2/c1-4-17(10-5-6-14-8-10)9-11-7-12(18)16(3)13(19)15(11)2/h7,10,14H,4-6,8-9H2,1-3H3. The van der Waals surface area contributed by atoms with Crippen molar-refractivity contribution in [2.75, 3.05) is 19.6 Å². The van der Waals surface area contributed by atoms with Crippen molar-refractivity contribution in [2.24, 2.45) is 14.1 Å². The van der Waals surface area contributed by atoms with Crippen LogP contribution in [0.5, 0.6) is 0 Å². The molecule has 1 aromatic heterocycles. The first-order valence-electron chi connectivity index (χ1n) is 6.75. The molecule has 1 saturated heterocycles. The molecule has 0 aliphatic carbocycles. The van der Waals surface area contributed by atoms with E-state index in [0.29, 0.717) is 12.6 Å². The Labute approximate surface area is 112 Å². The lowest BCUT2D eigenvalue weighted by Crippen LogP contribution is -2.42. The van der Waals surface area contributed by atoms with Gasteiger partial charge in [0, 0.05) is 45.0 Å². The van der Waals surface area contributed by atoms with Crippen LogP contribution in [0.1, 0.15) is 19.0 Å². The van der Waals surface area contributed by atoms with Crippen LogP contribution in [0.15, 0.2) is 15.7 Å². The van der Waals surface area contributed by atoms with Crippen LogP contribution < -0.4 is 16.6 Å². The van der Waals surface area contributed by atoms with Crippen LogP contribution in [0.4, 0.5) is 0 Å². The lowest BCUT2D eigenvalue weighted by atomic mass is 10.2. The summed E-state index contributed by atoms with van der Waals surface area (Å²) in [7, 11) is 3.23. The van der Waals surface area contributed by atoms with Crippen molar-refractivity contribution < 1.29 is 0 Å². The average Bonchev–Trinajstić information content (AvgIpc) is 2.93. The first kappa shape index (κ1) is 14.0. The molecule has 1 atom stereocenters. The summed E-state index contributed by atoms with van der Waals surface area (Å²) in [5.41, 5.74) is 0.281. The smallest absolute Gasteiger partial charge is 0.315 e. The summed E-state index contributed by atoms with van der Waals surface area (Å²) in [5, 5.41) is 3.34. The van der Waals surface area contributed by atoms with E-state index in [4.69, 9.17) is 0 Å². The summed E-state index contributed by atoms with van der Waals surface area (Å²) in [4.78, 5) is 25.9. The molecule has 0 amide bonds. The van der Waals surface area contributed by atoms with Crippen LogP contribution in [0.3, 0.4) is 0 Å². The maximum absolute atomic E-state index is 11.9. The third kappa shape index (κ3) is 2.79. The number of likely N-dealkylation sites (N-methyl/N-ethyl adjacent to an activating group) is 1. The fourth-order valence-electron chi connectivity index (χ4n) is 2.59. The van der Waals surface area contributed by atoms with Crippen molar-refractivity contribution in [3.8, 4) is 0 Å². The minimum atomic E-state index is -0.261. The lowest BCUT2D eigenvalue weighted by Gasteiger charge is -2.27. The van der Waals surface area contributed by atoms with E-state index in [2.05, 4.69) is 17.1 Å². The number of hydrogen-bond acceptors (Lipinski definition) is 4. The molecule has 0 saturated carbocycles. The Morgan fingerprint density at radius 1 is 1.37 bits per heavy atom. The third-order valence-electron chi connectivity index (χ3n) is 3.95. The van der Waals surface area contributed by atoms with E-state index in [9.17, 15) is 9.59 Å². The van der Waals surface area contributed by atoms with Crippen molar-refractivity contribution in [3.63, 3.8) is 0 Å². The molecule has 1 fully saturated rings. The van der Waals surface area contributed by atoms with Crippen molar-refractivity contribution in [2.45, 2.75) is 25.9 Å². The topological polar surface area (TPSA) is 59.3 Å². The van der Waals surface area contributed by atoms with E-state index in [1.54, 1.807) is 17.7 Å². The van der Waals surface area contributed by atoms with Gasteiger partial charge in [0.15, 0.2) is 0 Å². The molecule has 2 heterocycles. The number of nitrogens with one attached hydrogen (secondary N) is 1. The molecule has 0 bridgehead atoms. The molecule has 0 radical (unpaired) electrons. The summed E-state index contributed by atoms with van der Waals surface area (Å²) >= 11 is 0. The predicted octanol–water partition coefficient (Wildman–Crippen LogP) is -0.732. The summed E-state index contributed by atoms with van der Waals surface area (Å²) < 4.78 is 2.70. The highest BCUT2D eigenvalue weighted by Crippen LogP contribution is 2.11. The van der Waals surface area contributed by atoms with Crippen molar-refractivity contribution in [1.29, 1.82) is 0 Å². The van der Waals surface area contributed by atoms with Gasteiger partial charge in [-0.3, -0.25) is 18.8 Å². The maximum atomic E-state index is 11.9. The number of aromatic nitrogens is 2. The SMILES string of the molecule is CCN(Cc1cc(=O)n(C)c(=O)n1C)C1CCNC1. The second-order valence-electron chi connectivity index (χ2n) is 5.08. The quantitative estimate of drug-likeness (QED) is 0.780. The zero-order valence-corrected chi connectivity index (χ0v) is 11.8. The van der Waals surface area contributed by atoms with Gasteiger partial charge in [0.2, 0.25) is 0 Å². The van der Waals surface area contributed by atoms with Gasteiger partial charge in [-0.15, -0.1) is 0 Å². The minimum absolute atomic E-state index is 0.237. The third-order valence-corrected chi connectivity index (χ3v) is 3.95. The fourth-order valence-corrected chi connectivity index (χ4v) is 2.59. The van der Waals surface area contributed by atoms with E-state index in [1.165, 1.54) is 7.05 Å². The van der Waals surface area contributed by atoms with E-state index in [-0.39, 0.29) is 11.2 Å². The highest BCUT2D eigenvalue weighted by Gasteiger charge is 2.22. The first-order valence-corrected chi connectivity index (χ1v) is 6.75. The fraction of sp³-hybridized carbons (Fsp3) is 0.692. The highest BCUT2D eigenvalue weighted by molar-refractivity contribution is 5.03. The zero-order valence-electron chi connectivity index (χ0n) is 11.8. The van der Waals surface area contributed by atoms with E-state index >= 15 is 0 Å². The average molecular weight is 266 g/mol. The van der Waals surface area contributed by atoms with Gasteiger partial charge in [-0.05, 0) is 19.5 Å². The Balaban J connectivity index is 2.27. The van der Waals surface area contributed by atoms with Crippen LogP contribution in [0, 0.1) is 0 Å². The molecule has 1 unspecified atom stereocenters. The molecular formula is C13H22N4O2. The second-order valence-corrected chi connectivity index (χ2v) is 5.08. The highest BCUT2D eigenvalue weighted by atomic mass is 16.2. The zero-order chi connectivity index (χ0) is 14.0. The Morgan fingerprint density at radius 2 is 2.11 bits per heavy atom. The molecule has 1 aromatic rings. The summed E-state index contributed by atoms with van der Waals surface area (Å²) in [6.07, 6.45) is 1.12. The maximum Gasteiger partial charge on any atom is 0.330 e. The normalized spacial score (nSPS) is 19.3. The van der Waals surface area contributed by atoms with Crippen molar-refractivity contribution in [1.82, 2.24) is 19.4 Å². The molecule has 1 aliphatic rings. The Bertz CT molecular complexity index is 555. The van der Waals surface area contributed by atoms with Crippen LogP contribution in [-0.2, 0) is 20.6 Å². The van der Waals surface area contributed by atoms with E-state index in [1.807, 2.05) is 0 Å². The van der Waals surface area contributed by atoms with Gasteiger partial charge in [-0.25, -0.2) is 4.79 Å². The summed E-state index contributed by atoms with van der Waals surface area (Å²) in [5.74, 6) is 0. The molecule has 19 heavy (non-hydrogen) atoms. The lowest BCUT2D eigenvalue weighted by molar-refractivity contribution is 0.204. The number of nitrogens with zero attached hydrogens (tertiary/aromatic N) is 3. The predicted molar refractivity (Wildman–Crippen MR) is 74.3 cm³/mol. The van der Waals surface area contributed by atoms with Crippen LogP contribution in [-0.4, -0.2) is 39.7 Å². The van der Waals surface area contributed by atoms with E-state index in [0.717, 1.165) is 36.3 Å². The van der Waals surface area contributed by atoms with Crippen LogP contribution in [0.25, 0.3) is 0 Å². The number of rotatable bonds is 4. The minimum Gasteiger partial charge on any atom is -0.315 e. The molecule has 106 valence electrons. The van der Waals surface area contributed by atoms with Gasteiger partial charge in [-0.2, -0.15) is 0 Å². The first-order chi connectivity index (χ1) is 9.04. The summed E-state index contributed by atoms with van der Waals surface area (Å²) in [6.45, 7) is 5.68. The Kier molecular flexibility index (Phi) is 4.21. The largest absolute Gasteiger partial charge is 0.330 e. The molecule has 6 nitrogen and oxygen atoms in total. The van der Waals surface area contributed by atoms with Gasteiger partial charge in [0.25, 0.3) is 5.56 Å². The monoisotopic (exact) mass is 266 g/mol. The molecule has 6 heteroatoms. The van der Waals surface area contributed by atoms with Crippen LogP contribution >= 0.6 is 0 Å². The van der Waals surface area contributed by atoms with Gasteiger partial charge >= 0.3 is 5.69 Å². The Hall–Kier alpha value is -1.40.